The van der Waals surface area contributed by atoms with Crippen LogP contribution in [0.1, 0.15) is 17.5 Å². The summed E-state index contributed by atoms with van der Waals surface area (Å²) in [6, 6.07) is 2.94. The lowest BCUT2D eigenvalue weighted by molar-refractivity contribution is -0.380. The Labute approximate surface area is 127 Å². The molecule has 0 aromatic carbocycles. The second-order valence-electron chi connectivity index (χ2n) is 3.94. The van der Waals surface area contributed by atoms with Crippen molar-refractivity contribution < 1.29 is 23.7 Å². The van der Waals surface area contributed by atoms with Crippen molar-refractivity contribution in [1.82, 2.24) is 4.57 Å². The van der Waals surface area contributed by atoms with Crippen LogP contribution in [0.5, 0.6) is 0 Å². The molecule has 1 amide bonds. The van der Waals surface area contributed by atoms with E-state index in [1.54, 1.807) is 6.92 Å². The van der Waals surface area contributed by atoms with E-state index in [9.17, 15) is 19.7 Å². The van der Waals surface area contributed by atoms with Gasteiger partial charge in [-0.3, -0.25) is 19.7 Å². The summed E-state index contributed by atoms with van der Waals surface area (Å²) in [5.74, 6) is -1.28. The molecule has 0 spiro atoms. The summed E-state index contributed by atoms with van der Waals surface area (Å²) in [7, 11) is 0. The Kier molecular flexibility index (Phi) is 4.84. The number of carbonyl (C=O) groups excluding carboxylic acids is 2. The highest BCUT2D eigenvalue weighted by Crippen LogP contribution is 2.14. The lowest BCUT2D eigenvalue weighted by Crippen LogP contribution is -2.22. The van der Waals surface area contributed by atoms with Gasteiger partial charge in [0.15, 0.2) is 10.6 Å². The fourth-order valence-corrected chi connectivity index (χ4v) is 2.34. The van der Waals surface area contributed by atoms with E-state index in [2.05, 4.69) is 4.99 Å². The van der Waals surface area contributed by atoms with Crippen LogP contribution in [-0.2, 0) is 16.1 Å². The number of rotatable bonds is 5. The predicted octanol–water partition coefficient (Wildman–Crippen LogP) is 1.35. The van der Waals surface area contributed by atoms with Crippen LogP contribution in [0.3, 0.4) is 0 Å². The normalized spacial score (nSPS) is 11.4. The quantitative estimate of drug-likeness (QED) is 0.465. The molecular weight excluding hydrogens is 314 g/mol. The second-order valence-corrected chi connectivity index (χ2v) is 4.92. The summed E-state index contributed by atoms with van der Waals surface area (Å²) in [6.07, 6.45) is 2.45. The molecule has 0 atom stereocenters. The first-order chi connectivity index (χ1) is 10.5. The van der Waals surface area contributed by atoms with Crippen molar-refractivity contribution in [3.05, 3.63) is 45.3 Å². The molecule has 2 aromatic heterocycles. The molecule has 0 N–H and O–H groups in total. The first-order valence-corrected chi connectivity index (χ1v) is 6.95. The number of carbonyl (C=O) groups is 2. The molecule has 2 aromatic rings. The highest BCUT2D eigenvalue weighted by Gasteiger charge is 2.16. The van der Waals surface area contributed by atoms with E-state index in [-0.39, 0.29) is 28.7 Å². The Morgan fingerprint density at radius 1 is 1.55 bits per heavy atom. The smallest absolute Gasteiger partial charge is 0.343 e. The van der Waals surface area contributed by atoms with E-state index in [0.717, 1.165) is 6.20 Å². The third-order valence-corrected chi connectivity index (χ3v) is 3.39. The number of hydrogen-bond acceptors (Lipinski definition) is 7. The van der Waals surface area contributed by atoms with Crippen molar-refractivity contribution in [3.63, 3.8) is 0 Å². The molecule has 0 saturated heterocycles. The Bertz CT molecular complexity index is 758. The zero-order chi connectivity index (χ0) is 16.1. The number of hydrogen-bond donors (Lipinski definition) is 0. The number of ether oxygens (including phenoxy) is 1. The van der Waals surface area contributed by atoms with Gasteiger partial charge in [-0.2, -0.15) is 4.99 Å². The molecule has 0 saturated carbocycles. The summed E-state index contributed by atoms with van der Waals surface area (Å²) in [6.45, 7) is 1.55. The fraction of sp³-hybridized carbons (Fsp3) is 0.250. The van der Waals surface area contributed by atoms with Crippen LogP contribution in [0.25, 0.3) is 0 Å². The summed E-state index contributed by atoms with van der Waals surface area (Å²) >= 11 is 0.680. The highest BCUT2D eigenvalue weighted by molar-refractivity contribution is 7.12. The van der Waals surface area contributed by atoms with Gasteiger partial charge in [0.05, 0.1) is 24.0 Å². The maximum atomic E-state index is 11.9. The average molecular weight is 325 g/mol. The minimum Gasteiger partial charge on any atom is -0.465 e. The number of nitro groups is 1. The molecular formula is C12H11N3O6S. The second kappa shape index (κ2) is 6.80. The molecule has 0 radical (unpaired) electrons. The van der Waals surface area contributed by atoms with Crippen molar-refractivity contribution in [2.24, 2.45) is 4.99 Å². The van der Waals surface area contributed by atoms with Crippen LogP contribution in [0.15, 0.2) is 34.0 Å². The Morgan fingerprint density at radius 3 is 2.91 bits per heavy atom. The monoisotopic (exact) mass is 325 g/mol. The van der Waals surface area contributed by atoms with Crippen molar-refractivity contribution in [3.8, 4) is 0 Å². The number of amides is 1. The third-order valence-electron chi connectivity index (χ3n) is 2.42. The minimum atomic E-state index is -0.695. The zero-order valence-corrected chi connectivity index (χ0v) is 12.2. The van der Waals surface area contributed by atoms with Gasteiger partial charge in [0.1, 0.15) is 6.54 Å². The van der Waals surface area contributed by atoms with E-state index in [1.165, 1.54) is 23.0 Å². The lowest BCUT2D eigenvalue weighted by Gasteiger charge is -2.01. The molecule has 116 valence electrons. The van der Waals surface area contributed by atoms with Crippen LogP contribution in [-0.4, -0.2) is 28.0 Å². The Hall–Kier alpha value is -2.75. The SMILES string of the molecule is CCOC(=O)Cn1cc([N+](=O)[O-])sc1=NC(=O)c1ccco1. The van der Waals surface area contributed by atoms with E-state index < -0.39 is 16.8 Å². The van der Waals surface area contributed by atoms with Gasteiger partial charge in [-0.25, -0.2) is 0 Å². The number of nitrogens with zero attached hydrogens (tertiary/aromatic N) is 3. The number of esters is 1. The molecule has 0 aliphatic heterocycles. The molecule has 2 rings (SSSR count). The van der Waals surface area contributed by atoms with Gasteiger partial charge in [-0.15, -0.1) is 0 Å². The first-order valence-electron chi connectivity index (χ1n) is 6.14. The maximum Gasteiger partial charge on any atom is 0.343 e. The topological polar surface area (TPSA) is 117 Å². The molecule has 10 heteroatoms. The van der Waals surface area contributed by atoms with Crippen LogP contribution >= 0.6 is 11.3 Å². The molecule has 0 aliphatic carbocycles. The van der Waals surface area contributed by atoms with Gasteiger partial charge in [0, 0.05) is 0 Å². The van der Waals surface area contributed by atoms with Crippen LogP contribution in [0.4, 0.5) is 5.00 Å². The molecule has 0 unspecified atom stereocenters. The van der Waals surface area contributed by atoms with Gasteiger partial charge in [-0.05, 0) is 30.4 Å². The number of aromatic nitrogens is 1. The largest absolute Gasteiger partial charge is 0.465 e. The van der Waals surface area contributed by atoms with E-state index in [1.807, 2.05) is 0 Å². The van der Waals surface area contributed by atoms with Crippen molar-refractivity contribution in [1.29, 1.82) is 0 Å². The summed E-state index contributed by atoms with van der Waals surface area (Å²) < 4.78 is 10.9. The summed E-state index contributed by atoms with van der Waals surface area (Å²) in [5.41, 5.74) is 0. The molecule has 9 nitrogen and oxygen atoms in total. The minimum absolute atomic E-state index is 0.00117. The van der Waals surface area contributed by atoms with Gasteiger partial charge in [0.2, 0.25) is 0 Å². The highest BCUT2D eigenvalue weighted by atomic mass is 32.1. The van der Waals surface area contributed by atoms with Gasteiger partial charge < -0.3 is 13.7 Å². The van der Waals surface area contributed by atoms with E-state index in [4.69, 9.17) is 9.15 Å². The first kappa shape index (κ1) is 15.6. The molecule has 0 aliphatic rings. The van der Waals surface area contributed by atoms with Crippen LogP contribution in [0.2, 0.25) is 0 Å². The summed E-state index contributed by atoms with van der Waals surface area (Å²) in [4.78, 5) is 37.4. The van der Waals surface area contributed by atoms with Gasteiger partial charge in [0.25, 0.3) is 0 Å². The average Bonchev–Trinajstić information content (AvgIpc) is 3.09. The zero-order valence-electron chi connectivity index (χ0n) is 11.4. The van der Waals surface area contributed by atoms with E-state index in [0.29, 0.717) is 11.3 Å². The molecule has 22 heavy (non-hydrogen) atoms. The molecule has 0 fully saturated rings. The molecule has 2 heterocycles. The van der Waals surface area contributed by atoms with Crippen molar-refractivity contribution in [2.75, 3.05) is 6.61 Å². The Balaban J connectivity index is 2.38. The van der Waals surface area contributed by atoms with E-state index >= 15 is 0 Å². The standard InChI is InChI=1S/C12H11N3O6S/c1-2-20-10(16)7-14-6-9(15(18)19)22-12(14)13-11(17)8-4-3-5-21-8/h3-6H,2,7H2,1H3. The lowest BCUT2D eigenvalue weighted by atomic mass is 10.4. The number of thiazole rings is 1. The maximum absolute atomic E-state index is 11.9. The van der Waals surface area contributed by atoms with Gasteiger partial charge >= 0.3 is 16.9 Å². The van der Waals surface area contributed by atoms with Crippen molar-refractivity contribution >= 4 is 28.2 Å². The van der Waals surface area contributed by atoms with Crippen LogP contribution in [0, 0.1) is 10.1 Å². The fourth-order valence-electron chi connectivity index (χ4n) is 1.54. The van der Waals surface area contributed by atoms with Crippen LogP contribution < -0.4 is 4.80 Å². The number of furan rings is 1. The van der Waals surface area contributed by atoms with Crippen molar-refractivity contribution in [2.45, 2.75) is 13.5 Å². The predicted molar refractivity (Wildman–Crippen MR) is 74.2 cm³/mol. The van der Waals surface area contributed by atoms with Gasteiger partial charge in [-0.1, -0.05) is 0 Å². The Morgan fingerprint density at radius 2 is 2.32 bits per heavy atom. The molecule has 0 bridgehead atoms. The third kappa shape index (κ3) is 3.67. The summed E-state index contributed by atoms with van der Waals surface area (Å²) in [5, 5.41) is 10.6.